The molecule has 1 saturated carbocycles. The van der Waals surface area contributed by atoms with Crippen LogP contribution >= 0.6 is 0 Å². The molecule has 0 aliphatic heterocycles. The second-order valence-electron chi connectivity index (χ2n) is 6.11. The molecule has 0 heterocycles. The first-order valence-electron chi connectivity index (χ1n) is 8.01. The van der Waals surface area contributed by atoms with Gasteiger partial charge in [-0.2, -0.15) is 13.2 Å². The Hall–Kier alpha value is -2.05. The van der Waals surface area contributed by atoms with Crippen molar-refractivity contribution in [1.29, 1.82) is 0 Å². The van der Waals surface area contributed by atoms with E-state index in [1.807, 2.05) is 18.2 Å². The molecule has 0 aromatic heterocycles. The molecule has 0 bridgehead atoms. The van der Waals surface area contributed by atoms with E-state index < -0.39 is 24.0 Å². The average molecular weight is 342 g/mol. The Labute approximate surface area is 138 Å². The lowest BCUT2D eigenvalue weighted by molar-refractivity contribution is -0.184. The van der Waals surface area contributed by atoms with Crippen LogP contribution in [0.3, 0.4) is 0 Å². The number of rotatable bonds is 5. The highest BCUT2D eigenvalue weighted by atomic mass is 19.4. The number of amides is 2. The summed E-state index contributed by atoms with van der Waals surface area (Å²) in [4.78, 5) is 23.6. The number of nitrogens with one attached hydrogen (secondary N) is 2. The lowest BCUT2D eigenvalue weighted by atomic mass is 9.85. The van der Waals surface area contributed by atoms with Crippen LogP contribution in [0, 0.1) is 5.92 Å². The Balaban J connectivity index is 1.72. The van der Waals surface area contributed by atoms with Crippen molar-refractivity contribution >= 4 is 11.8 Å². The van der Waals surface area contributed by atoms with Gasteiger partial charge in [0.2, 0.25) is 11.8 Å². The van der Waals surface area contributed by atoms with Crippen molar-refractivity contribution in [3.05, 3.63) is 35.9 Å². The van der Waals surface area contributed by atoms with Gasteiger partial charge in [-0.25, -0.2) is 0 Å². The minimum Gasteiger partial charge on any atom is -0.352 e. The summed E-state index contributed by atoms with van der Waals surface area (Å²) in [5.41, 5.74) is 0.829. The maximum Gasteiger partial charge on any atom is 0.391 e. The molecule has 1 aromatic carbocycles. The molecule has 2 amide bonds. The van der Waals surface area contributed by atoms with Crippen molar-refractivity contribution in [1.82, 2.24) is 10.6 Å². The number of hydrogen-bond acceptors (Lipinski definition) is 2. The third-order valence-electron chi connectivity index (χ3n) is 4.16. The van der Waals surface area contributed by atoms with Gasteiger partial charge in [0.15, 0.2) is 0 Å². The van der Waals surface area contributed by atoms with Gasteiger partial charge in [0.05, 0.1) is 18.9 Å². The Kier molecular flexibility index (Phi) is 6.23. The fraction of sp³-hybridized carbons (Fsp3) is 0.529. The first kappa shape index (κ1) is 18.3. The van der Waals surface area contributed by atoms with Crippen LogP contribution in [0.25, 0.3) is 0 Å². The zero-order valence-corrected chi connectivity index (χ0v) is 13.2. The highest BCUT2D eigenvalue weighted by Gasteiger charge is 2.42. The van der Waals surface area contributed by atoms with Crippen molar-refractivity contribution in [3.8, 4) is 0 Å². The second-order valence-corrected chi connectivity index (χ2v) is 6.11. The van der Waals surface area contributed by atoms with Crippen molar-refractivity contribution in [2.24, 2.45) is 5.92 Å². The van der Waals surface area contributed by atoms with Crippen LogP contribution in [0.2, 0.25) is 0 Å². The smallest absolute Gasteiger partial charge is 0.352 e. The average Bonchev–Trinajstić information content (AvgIpc) is 2.53. The molecule has 2 atom stereocenters. The molecule has 1 aromatic rings. The van der Waals surface area contributed by atoms with Crippen molar-refractivity contribution in [2.75, 3.05) is 6.54 Å². The largest absolute Gasteiger partial charge is 0.391 e. The summed E-state index contributed by atoms with van der Waals surface area (Å²) < 4.78 is 38.2. The van der Waals surface area contributed by atoms with E-state index in [2.05, 4.69) is 10.6 Å². The van der Waals surface area contributed by atoms with E-state index in [1.54, 1.807) is 12.1 Å². The van der Waals surface area contributed by atoms with E-state index in [0.29, 0.717) is 12.8 Å². The number of carbonyl (C=O) groups is 2. The lowest BCUT2D eigenvalue weighted by Crippen LogP contribution is -2.45. The van der Waals surface area contributed by atoms with Gasteiger partial charge in [-0.15, -0.1) is 0 Å². The van der Waals surface area contributed by atoms with Crippen LogP contribution < -0.4 is 10.6 Å². The van der Waals surface area contributed by atoms with Gasteiger partial charge in [-0.05, 0) is 24.8 Å². The molecule has 132 valence electrons. The predicted octanol–water partition coefficient (Wildman–Crippen LogP) is 2.58. The zero-order valence-electron chi connectivity index (χ0n) is 13.2. The molecule has 1 fully saturated rings. The van der Waals surface area contributed by atoms with E-state index >= 15 is 0 Å². The fourth-order valence-corrected chi connectivity index (χ4v) is 2.92. The zero-order chi connectivity index (χ0) is 17.6. The van der Waals surface area contributed by atoms with Gasteiger partial charge in [-0.3, -0.25) is 9.59 Å². The quantitative estimate of drug-likeness (QED) is 0.864. The van der Waals surface area contributed by atoms with Gasteiger partial charge in [0.25, 0.3) is 0 Å². The summed E-state index contributed by atoms with van der Waals surface area (Å²) in [6.45, 7) is -0.223. The maximum atomic E-state index is 12.7. The van der Waals surface area contributed by atoms with E-state index in [1.165, 1.54) is 0 Å². The molecule has 2 N–H and O–H groups in total. The monoisotopic (exact) mass is 342 g/mol. The Morgan fingerprint density at radius 3 is 2.46 bits per heavy atom. The molecule has 1 aliphatic carbocycles. The molecule has 24 heavy (non-hydrogen) atoms. The van der Waals surface area contributed by atoms with Crippen LogP contribution in [-0.4, -0.2) is 30.6 Å². The molecule has 4 nitrogen and oxygen atoms in total. The van der Waals surface area contributed by atoms with Crippen LogP contribution in [0.15, 0.2) is 30.3 Å². The topological polar surface area (TPSA) is 58.2 Å². The molecule has 0 saturated heterocycles. The summed E-state index contributed by atoms with van der Waals surface area (Å²) >= 11 is 0. The lowest BCUT2D eigenvalue weighted by Gasteiger charge is -2.31. The summed E-state index contributed by atoms with van der Waals surface area (Å²) in [6, 6.07) is 8.60. The van der Waals surface area contributed by atoms with Gasteiger partial charge in [-0.1, -0.05) is 36.8 Å². The van der Waals surface area contributed by atoms with Crippen LogP contribution in [0.5, 0.6) is 0 Å². The molecule has 1 aliphatic rings. The molecule has 0 radical (unpaired) electrons. The molecule has 7 heteroatoms. The first-order chi connectivity index (χ1) is 11.3. The highest BCUT2D eigenvalue weighted by Crippen LogP contribution is 2.37. The van der Waals surface area contributed by atoms with Gasteiger partial charge >= 0.3 is 6.18 Å². The van der Waals surface area contributed by atoms with E-state index in [9.17, 15) is 22.8 Å². The van der Waals surface area contributed by atoms with Gasteiger partial charge < -0.3 is 10.6 Å². The number of benzene rings is 1. The normalized spacial score (nSPS) is 21.1. The summed E-state index contributed by atoms with van der Waals surface area (Å²) in [6.07, 6.45) is -3.05. The fourth-order valence-electron chi connectivity index (χ4n) is 2.92. The number of hydrogen-bond donors (Lipinski definition) is 2. The maximum absolute atomic E-state index is 12.7. The third kappa shape index (κ3) is 5.86. The van der Waals surface area contributed by atoms with E-state index in [0.717, 1.165) is 5.56 Å². The standard InChI is InChI=1S/C17H21F3N2O2/c18-17(19,20)13-7-4-8-14(10-13)22-16(24)11-21-15(23)9-12-5-2-1-3-6-12/h1-3,5-6,13-14H,4,7-11H2,(H,21,23)(H,22,24)/t13-,14-/m0/s1. The van der Waals surface area contributed by atoms with E-state index in [-0.39, 0.29) is 31.7 Å². The summed E-state index contributed by atoms with van der Waals surface area (Å²) in [7, 11) is 0. The Morgan fingerprint density at radius 2 is 1.79 bits per heavy atom. The van der Waals surface area contributed by atoms with Crippen LogP contribution in [0.1, 0.15) is 31.2 Å². The van der Waals surface area contributed by atoms with Crippen LogP contribution in [-0.2, 0) is 16.0 Å². The second kappa shape index (κ2) is 8.17. The van der Waals surface area contributed by atoms with E-state index in [4.69, 9.17) is 0 Å². The van der Waals surface area contributed by atoms with Crippen molar-refractivity contribution in [2.45, 2.75) is 44.3 Å². The van der Waals surface area contributed by atoms with Gasteiger partial charge in [0, 0.05) is 6.04 Å². The SMILES string of the molecule is O=C(Cc1ccccc1)NCC(=O)N[C@H]1CCC[C@H](C(F)(F)F)C1. The van der Waals surface area contributed by atoms with Crippen molar-refractivity contribution < 1.29 is 22.8 Å². The van der Waals surface area contributed by atoms with Crippen LogP contribution in [0.4, 0.5) is 13.2 Å². The number of carbonyl (C=O) groups excluding carboxylic acids is 2. The number of halogens is 3. The Morgan fingerprint density at radius 1 is 1.08 bits per heavy atom. The van der Waals surface area contributed by atoms with Gasteiger partial charge in [0.1, 0.15) is 0 Å². The van der Waals surface area contributed by atoms with Crippen molar-refractivity contribution in [3.63, 3.8) is 0 Å². The number of alkyl halides is 3. The molecular weight excluding hydrogens is 321 g/mol. The molecule has 0 spiro atoms. The minimum absolute atomic E-state index is 0.0901. The highest BCUT2D eigenvalue weighted by molar-refractivity contribution is 5.85. The minimum atomic E-state index is -4.21. The molecule has 0 unspecified atom stereocenters. The summed E-state index contributed by atoms with van der Waals surface area (Å²) in [5.74, 6) is -2.11. The molecule has 2 rings (SSSR count). The molecular formula is C17H21F3N2O2. The Bertz CT molecular complexity index is 561. The summed E-state index contributed by atoms with van der Waals surface area (Å²) in [5, 5.41) is 5.08. The third-order valence-corrected chi connectivity index (χ3v) is 4.16. The first-order valence-corrected chi connectivity index (χ1v) is 8.01. The predicted molar refractivity (Wildman–Crippen MR) is 83.1 cm³/mol.